The van der Waals surface area contributed by atoms with Gasteiger partial charge in [0, 0.05) is 11.3 Å². The Morgan fingerprint density at radius 3 is 2.85 bits per heavy atom. The Hall–Kier alpha value is -2.14. The van der Waals surface area contributed by atoms with E-state index in [1.807, 2.05) is 17.5 Å². The van der Waals surface area contributed by atoms with Crippen LogP contribution in [0, 0.1) is 0 Å². The summed E-state index contributed by atoms with van der Waals surface area (Å²) in [6, 6.07) is 7.39. The van der Waals surface area contributed by atoms with Crippen molar-refractivity contribution in [3.05, 3.63) is 46.4 Å². The predicted octanol–water partition coefficient (Wildman–Crippen LogP) is 3.66. The number of rotatable bonds is 3. The molecule has 2 aromatic heterocycles. The number of hydrogen-bond donors (Lipinski definition) is 1. The van der Waals surface area contributed by atoms with Gasteiger partial charge in [0.25, 0.3) is 0 Å². The molecule has 1 fully saturated rings. The van der Waals surface area contributed by atoms with Gasteiger partial charge >= 0.3 is 5.97 Å². The largest absolute Gasteiger partial charge is 0.478 e. The van der Waals surface area contributed by atoms with Crippen LogP contribution < -0.4 is 0 Å². The first-order valence-electron chi connectivity index (χ1n) is 6.53. The van der Waals surface area contributed by atoms with Crippen molar-refractivity contribution >= 4 is 28.3 Å². The number of carboxylic acids is 1. The van der Waals surface area contributed by atoms with Crippen LogP contribution in [0.25, 0.3) is 16.7 Å². The summed E-state index contributed by atoms with van der Waals surface area (Å²) in [4.78, 5) is 16.0. The third-order valence-corrected chi connectivity index (χ3v) is 4.32. The first kappa shape index (κ1) is 11.7. The van der Waals surface area contributed by atoms with Gasteiger partial charge in [0.2, 0.25) is 0 Å². The van der Waals surface area contributed by atoms with Crippen LogP contribution in [0.2, 0.25) is 0 Å². The van der Waals surface area contributed by atoms with Gasteiger partial charge in [0.15, 0.2) is 0 Å². The molecule has 2 heterocycles. The standard InChI is InChI=1S/C15H12N2O2S/c18-15(19)11-2-1-3-12-13(11)16-14(9-4-5-9)17(12)10-6-7-20-8-10/h1-3,6-9H,4-5H2,(H,18,19). The summed E-state index contributed by atoms with van der Waals surface area (Å²) in [7, 11) is 0. The van der Waals surface area contributed by atoms with Crippen LogP contribution in [-0.2, 0) is 0 Å². The Morgan fingerprint density at radius 2 is 2.20 bits per heavy atom. The van der Waals surface area contributed by atoms with Crippen LogP contribution in [0.3, 0.4) is 0 Å². The SMILES string of the molecule is O=C(O)c1cccc2c1nc(C1CC1)n2-c1ccsc1. The maximum Gasteiger partial charge on any atom is 0.337 e. The highest BCUT2D eigenvalue weighted by atomic mass is 32.1. The second kappa shape index (κ2) is 4.18. The zero-order chi connectivity index (χ0) is 13.7. The number of imidazole rings is 1. The second-order valence-electron chi connectivity index (χ2n) is 5.04. The maximum absolute atomic E-state index is 11.4. The summed E-state index contributed by atoms with van der Waals surface area (Å²) < 4.78 is 2.11. The van der Waals surface area contributed by atoms with Gasteiger partial charge < -0.3 is 5.11 Å². The first-order chi connectivity index (χ1) is 9.75. The molecule has 20 heavy (non-hydrogen) atoms. The van der Waals surface area contributed by atoms with Gasteiger partial charge in [-0.2, -0.15) is 11.3 Å². The van der Waals surface area contributed by atoms with Crippen molar-refractivity contribution in [2.45, 2.75) is 18.8 Å². The Labute approximate surface area is 119 Å². The minimum atomic E-state index is -0.923. The normalized spacial score (nSPS) is 14.8. The summed E-state index contributed by atoms with van der Waals surface area (Å²) in [6.07, 6.45) is 2.27. The van der Waals surface area contributed by atoms with E-state index in [1.165, 1.54) is 0 Å². The molecule has 4 nitrogen and oxygen atoms in total. The fourth-order valence-corrected chi connectivity index (χ4v) is 3.18. The number of hydrogen-bond acceptors (Lipinski definition) is 3. The zero-order valence-electron chi connectivity index (χ0n) is 10.6. The number of fused-ring (bicyclic) bond motifs is 1. The van der Waals surface area contributed by atoms with Crippen LogP contribution in [0.1, 0.15) is 34.9 Å². The second-order valence-corrected chi connectivity index (χ2v) is 5.82. The van der Waals surface area contributed by atoms with Gasteiger partial charge in [-0.15, -0.1) is 0 Å². The van der Waals surface area contributed by atoms with Crippen molar-refractivity contribution < 1.29 is 9.90 Å². The minimum Gasteiger partial charge on any atom is -0.478 e. The van der Waals surface area contributed by atoms with Crippen LogP contribution in [-0.4, -0.2) is 20.6 Å². The van der Waals surface area contributed by atoms with Crippen LogP contribution in [0.4, 0.5) is 0 Å². The summed E-state index contributed by atoms with van der Waals surface area (Å²) in [5, 5.41) is 13.4. The number of nitrogens with zero attached hydrogens (tertiary/aromatic N) is 2. The van der Waals surface area contributed by atoms with Gasteiger partial charge in [-0.1, -0.05) is 6.07 Å². The van der Waals surface area contributed by atoms with E-state index in [2.05, 4.69) is 14.9 Å². The van der Waals surface area contributed by atoms with Gasteiger partial charge in [-0.25, -0.2) is 9.78 Å². The molecule has 100 valence electrons. The molecule has 5 heteroatoms. The lowest BCUT2D eigenvalue weighted by Crippen LogP contribution is -1.98. The Kier molecular flexibility index (Phi) is 2.44. The topological polar surface area (TPSA) is 55.1 Å². The monoisotopic (exact) mass is 284 g/mol. The molecule has 1 aliphatic rings. The molecule has 0 spiro atoms. The van der Waals surface area contributed by atoms with Crippen molar-refractivity contribution in [2.75, 3.05) is 0 Å². The van der Waals surface area contributed by atoms with Gasteiger partial charge in [-0.3, -0.25) is 4.57 Å². The van der Waals surface area contributed by atoms with E-state index in [0.29, 0.717) is 11.4 Å². The number of para-hydroxylation sites is 1. The molecule has 1 N–H and O–H groups in total. The van der Waals surface area contributed by atoms with Crippen molar-refractivity contribution in [3.63, 3.8) is 0 Å². The van der Waals surface area contributed by atoms with Crippen molar-refractivity contribution in [3.8, 4) is 5.69 Å². The maximum atomic E-state index is 11.4. The number of carbonyl (C=O) groups is 1. The lowest BCUT2D eigenvalue weighted by atomic mass is 10.2. The molecule has 0 atom stereocenters. The van der Waals surface area contributed by atoms with E-state index in [0.717, 1.165) is 29.9 Å². The van der Waals surface area contributed by atoms with Crippen LogP contribution in [0.5, 0.6) is 0 Å². The molecule has 0 unspecified atom stereocenters. The Morgan fingerprint density at radius 1 is 1.35 bits per heavy atom. The van der Waals surface area contributed by atoms with Crippen molar-refractivity contribution in [2.24, 2.45) is 0 Å². The van der Waals surface area contributed by atoms with E-state index in [4.69, 9.17) is 0 Å². The predicted molar refractivity (Wildman–Crippen MR) is 77.9 cm³/mol. The fraction of sp³-hybridized carbons (Fsp3) is 0.200. The van der Waals surface area contributed by atoms with Gasteiger partial charge in [0.05, 0.1) is 16.8 Å². The highest BCUT2D eigenvalue weighted by Gasteiger charge is 2.31. The smallest absolute Gasteiger partial charge is 0.337 e. The summed E-state index contributed by atoms with van der Waals surface area (Å²) in [5.74, 6) is 0.531. The molecule has 4 rings (SSSR count). The van der Waals surface area contributed by atoms with Gasteiger partial charge in [0.1, 0.15) is 11.3 Å². The Bertz CT molecular complexity index is 801. The highest BCUT2D eigenvalue weighted by Crippen LogP contribution is 2.42. The molecular weight excluding hydrogens is 272 g/mol. The first-order valence-corrected chi connectivity index (χ1v) is 7.47. The number of carboxylic acid groups (broad SMARTS) is 1. The summed E-state index contributed by atoms with van der Waals surface area (Å²) >= 11 is 1.63. The molecule has 3 aromatic rings. The molecule has 1 aromatic carbocycles. The quantitative estimate of drug-likeness (QED) is 0.798. The van der Waals surface area contributed by atoms with Crippen molar-refractivity contribution in [1.82, 2.24) is 9.55 Å². The average molecular weight is 284 g/mol. The van der Waals surface area contributed by atoms with E-state index >= 15 is 0 Å². The Balaban J connectivity index is 2.07. The molecule has 1 aliphatic carbocycles. The third-order valence-electron chi connectivity index (χ3n) is 3.65. The lowest BCUT2D eigenvalue weighted by molar-refractivity contribution is 0.0699. The summed E-state index contributed by atoms with van der Waals surface area (Å²) in [6.45, 7) is 0. The molecule has 1 saturated carbocycles. The minimum absolute atomic E-state index is 0.276. The summed E-state index contributed by atoms with van der Waals surface area (Å²) in [5.41, 5.74) is 2.82. The fourth-order valence-electron chi connectivity index (χ4n) is 2.56. The third kappa shape index (κ3) is 1.67. The lowest BCUT2D eigenvalue weighted by Gasteiger charge is -2.05. The average Bonchev–Trinajstić information content (AvgIpc) is 3.00. The van der Waals surface area contributed by atoms with Gasteiger partial charge in [-0.05, 0) is 36.4 Å². The highest BCUT2D eigenvalue weighted by molar-refractivity contribution is 7.08. The molecule has 0 aliphatic heterocycles. The molecule has 0 radical (unpaired) electrons. The zero-order valence-corrected chi connectivity index (χ0v) is 11.4. The van der Waals surface area contributed by atoms with Crippen molar-refractivity contribution in [1.29, 1.82) is 0 Å². The van der Waals surface area contributed by atoms with E-state index in [-0.39, 0.29) is 5.56 Å². The van der Waals surface area contributed by atoms with E-state index in [9.17, 15) is 9.90 Å². The van der Waals surface area contributed by atoms with Crippen LogP contribution >= 0.6 is 11.3 Å². The molecule has 0 amide bonds. The van der Waals surface area contributed by atoms with E-state index < -0.39 is 5.97 Å². The molecular formula is C15H12N2O2S. The van der Waals surface area contributed by atoms with Crippen LogP contribution in [0.15, 0.2) is 35.0 Å². The molecule has 0 saturated heterocycles. The number of thiophene rings is 1. The number of aromatic nitrogens is 2. The number of benzene rings is 1. The number of aromatic carboxylic acids is 1. The molecule has 0 bridgehead atoms. The van der Waals surface area contributed by atoms with E-state index in [1.54, 1.807) is 23.5 Å².